The van der Waals surface area contributed by atoms with Gasteiger partial charge in [0.1, 0.15) is 5.78 Å². The molecule has 1 aromatic rings. The Morgan fingerprint density at radius 2 is 1.84 bits per heavy atom. The van der Waals surface area contributed by atoms with E-state index >= 15 is 0 Å². The summed E-state index contributed by atoms with van der Waals surface area (Å²) in [5.74, 6) is 0.836. The molecule has 1 fully saturated rings. The highest BCUT2D eigenvalue weighted by atomic mass is 19.4. The molecule has 0 amide bonds. The quantitative estimate of drug-likeness (QED) is 0.802. The van der Waals surface area contributed by atoms with E-state index in [4.69, 9.17) is 0 Å². The van der Waals surface area contributed by atoms with Crippen LogP contribution in [0.1, 0.15) is 37.3 Å². The lowest BCUT2D eigenvalue weighted by molar-refractivity contribution is -0.137. The van der Waals surface area contributed by atoms with Crippen molar-refractivity contribution in [3.05, 3.63) is 35.4 Å². The molecule has 0 saturated heterocycles. The molecular formula is C15H17F3O. The molecule has 1 aromatic carbocycles. The summed E-state index contributed by atoms with van der Waals surface area (Å²) < 4.78 is 37.2. The van der Waals surface area contributed by atoms with Crippen LogP contribution in [0.3, 0.4) is 0 Å². The van der Waals surface area contributed by atoms with Crippen molar-refractivity contribution in [3.8, 4) is 0 Å². The number of carbonyl (C=O) groups excluding carboxylic acids is 1. The van der Waals surface area contributed by atoms with Crippen molar-refractivity contribution in [1.82, 2.24) is 0 Å². The first-order valence-electron chi connectivity index (χ1n) is 6.55. The van der Waals surface area contributed by atoms with E-state index in [2.05, 4.69) is 6.92 Å². The minimum absolute atomic E-state index is 0.0947. The van der Waals surface area contributed by atoms with E-state index in [0.29, 0.717) is 11.5 Å². The number of Topliss-reactive ketones (excluding diaryl/α,β-unsaturated/α-hetero) is 1. The number of hydrogen-bond acceptors (Lipinski definition) is 1. The lowest BCUT2D eigenvalue weighted by Crippen LogP contribution is -2.14. The third-order valence-electron chi connectivity index (χ3n) is 3.81. The summed E-state index contributed by atoms with van der Waals surface area (Å²) in [5, 5.41) is 0. The second-order valence-corrected chi connectivity index (χ2v) is 5.45. The lowest BCUT2D eigenvalue weighted by atomic mass is 9.95. The van der Waals surface area contributed by atoms with Gasteiger partial charge in [0.2, 0.25) is 0 Å². The summed E-state index contributed by atoms with van der Waals surface area (Å²) in [6.45, 7) is 2.13. The Morgan fingerprint density at radius 3 is 2.32 bits per heavy atom. The van der Waals surface area contributed by atoms with Crippen molar-refractivity contribution in [1.29, 1.82) is 0 Å². The molecule has 4 heteroatoms. The van der Waals surface area contributed by atoms with Crippen LogP contribution in [0.2, 0.25) is 0 Å². The summed E-state index contributed by atoms with van der Waals surface area (Å²) in [6.07, 6.45) is -1.16. The largest absolute Gasteiger partial charge is 0.416 e. The van der Waals surface area contributed by atoms with Crippen molar-refractivity contribution < 1.29 is 18.0 Å². The molecule has 0 aromatic heterocycles. The SMILES string of the molecule is CC1CCC(C(=O)Cc2ccc(C(F)(F)F)cc2)C1. The Hall–Kier alpha value is -1.32. The fraction of sp³-hybridized carbons (Fsp3) is 0.533. The van der Waals surface area contributed by atoms with Gasteiger partial charge in [0.05, 0.1) is 5.56 Å². The van der Waals surface area contributed by atoms with Crippen LogP contribution in [0.4, 0.5) is 13.2 Å². The summed E-state index contributed by atoms with van der Waals surface area (Å²) >= 11 is 0. The van der Waals surface area contributed by atoms with Gasteiger partial charge in [0, 0.05) is 12.3 Å². The molecule has 0 aliphatic heterocycles. The maximum absolute atomic E-state index is 12.4. The third-order valence-corrected chi connectivity index (χ3v) is 3.81. The summed E-state index contributed by atoms with van der Waals surface area (Å²) in [4.78, 5) is 12.0. The van der Waals surface area contributed by atoms with Crippen molar-refractivity contribution >= 4 is 5.78 Å². The van der Waals surface area contributed by atoms with Gasteiger partial charge in [0.15, 0.2) is 0 Å². The van der Waals surface area contributed by atoms with Crippen LogP contribution in [0, 0.1) is 11.8 Å². The molecule has 1 aliphatic carbocycles. The first-order valence-corrected chi connectivity index (χ1v) is 6.55. The minimum Gasteiger partial charge on any atom is -0.299 e. The van der Waals surface area contributed by atoms with Gasteiger partial charge in [-0.15, -0.1) is 0 Å². The molecule has 1 aliphatic rings. The third kappa shape index (κ3) is 3.58. The average Bonchev–Trinajstić information content (AvgIpc) is 2.75. The minimum atomic E-state index is -4.32. The van der Waals surface area contributed by atoms with E-state index in [0.717, 1.165) is 31.4 Å². The first kappa shape index (κ1) is 14.1. The Labute approximate surface area is 110 Å². The van der Waals surface area contributed by atoms with E-state index in [9.17, 15) is 18.0 Å². The topological polar surface area (TPSA) is 17.1 Å². The standard InChI is InChI=1S/C15H17F3O/c1-10-2-5-12(8-10)14(19)9-11-3-6-13(7-4-11)15(16,17)18/h3-4,6-7,10,12H,2,5,8-9H2,1H3. The molecule has 19 heavy (non-hydrogen) atoms. The molecule has 2 atom stereocenters. The van der Waals surface area contributed by atoms with Gasteiger partial charge in [-0.2, -0.15) is 13.2 Å². The van der Waals surface area contributed by atoms with Crippen molar-refractivity contribution in [2.75, 3.05) is 0 Å². The van der Waals surface area contributed by atoms with E-state index in [1.54, 1.807) is 0 Å². The zero-order chi connectivity index (χ0) is 14.0. The average molecular weight is 270 g/mol. The molecule has 0 N–H and O–H groups in total. The number of ketones is 1. The first-order chi connectivity index (χ1) is 8.86. The molecule has 0 spiro atoms. The highest BCUT2D eigenvalue weighted by molar-refractivity contribution is 5.83. The second-order valence-electron chi connectivity index (χ2n) is 5.45. The summed E-state index contributed by atoms with van der Waals surface area (Å²) in [6, 6.07) is 4.89. The van der Waals surface area contributed by atoms with Crippen molar-refractivity contribution in [2.45, 2.75) is 38.8 Å². The number of benzene rings is 1. The summed E-state index contributed by atoms with van der Waals surface area (Å²) in [5.41, 5.74) is -0.00394. The zero-order valence-electron chi connectivity index (χ0n) is 10.8. The van der Waals surface area contributed by atoms with Crippen molar-refractivity contribution in [2.24, 2.45) is 11.8 Å². The van der Waals surface area contributed by atoms with Gasteiger partial charge in [0.25, 0.3) is 0 Å². The van der Waals surface area contributed by atoms with Crippen LogP contribution < -0.4 is 0 Å². The Balaban J connectivity index is 1.98. The Bertz CT molecular complexity index is 447. The highest BCUT2D eigenvalue weighted by Crippen LogP contribution is 2.32. The molecule has 0 radical (unpaired) electrons. The number of halogens is 3. The van der Waals surface area contributed by atoms with Crippen LogP contribution in [-0.4, -0.2) is 5.78 Å². The van der Waals surface area contributed by atoms with Gasteiger partial charge < -0.3 is 0 Å². The van der Waals surface area contributed by atoms with Crippen molar-refractivity contribution in [3.63, 3.8) is 0 Å². The fourth-order valence-electron chi connectivity index (χ4n) is 2.66. The monoisotopic (exact) mass is 270 g/mol. The molecule has 0 bridgehead atoms. The predicted molar refractivity (Wildman–Crippen MR) is 66.7 cm³/mol. The normalized spacial score (nSPS) is 23.6. The molecule has 2 rings (SSSR count). The number of rotatable bonds is 3. The summed E-state index contributed by atoms with van der Waals surface area (Å²) in [7, 11) is 0. The molecule has 2 unspecified atom stereocenters. The van der Waals surface area contributed by atoms with Crippen LogP contribution in [0.15, 0.2) is 24.3 Å². The maximum Gasteiger partial charge on any atom is 0.416 e. The van der Waals surface area contributed by atoms with Gasteiger partial charge in [-0.1, -0.05) is 19.1 Å². The van der Waals surface area contributed by atoms with Crippen LogP contribution in [0.5, 0.6) is 0 Å². The molecule has 1 saturated carbocycles. The lowest BCUT2D eigenvalue weighted by Gasteiger charge is -2.10. The zero-order valence-corrected chi connectivity index (χ0v) is 10.8. The van der Waals surface area contributed by atoms with E-state index in [1.165, 1.54) is 12.1 Å². The van der Waals surface area contributed by atoms with Gasteiger partial charge in [-0.05, 0) is 42.9 Å². The van der Waals surface area contributed by atoms with Gasteiger partial charge in [-0.25, -0.2) is 0 Å². The van der Waals surface area contributed by atoms with Gasteiger partial charge in [-0.3, -0.25) is 4.79 Å². The molecular weight excluding hydrogens is 253 g/mol. The Morgan fingerprint density at radius 1 is 1.21 bits per heavy atom. The second kappa shape index (κ2) is 5.35. The number of hydrogen-bond donors (Lipinski definition) is 0. The van der Waals surface area contributed by atoms with E-state index < -0.39 is 11.7 Å². The predicted octanol–water partition coefficient (Wildman–Crippen LogP) is 4.25. The number of alkyl halides is 3. The Kier molecular flexibility index (Phi) is 3.97. The van der Waals surface area contributed by atoms with Crippen LogP contribution in [0.25, 0.3) is 0 Å². The van der Waals surface area contributed by atoms with E-state index in [1.807, 2.05) is 0 Å². The molecule has 0 heterocycles. The van der Waals surface area contributed by atoms with E-state index in [-0.39, 0.29) is 18.1 Å². The fourth-order valence-corrected chi connectivity index (χ4v) is 2.66. The van der Waals surface area contributed by atoms with Crippen LogP contribution >= 0.6 is 0 Å². The highest BCUT2D eigenvalue weighted by Gasteiger charge is 2.30. The number of carbonyl (C=O) groups is 1. The van der Waals surface area contributed by atoms with Gasteiger partial charge >= 0.3 is 6.18 Å². The van der Waals surface area contributed by atoms with Crippen LogP contribution in [-0.2, 0) is 17.4 Å². The smallest absolute Gasteiger partial charge is 0.299 e. The molecule has 104 valence electrons. The maximum atomic E-state index is 12.4. The molecule has 1 nitrogen and oxygen atoms in total.